The average molecular weight is 310 g/mol. The van der Waals surface area contributed by atoms with Crippen LogP contribution >= 0.6 is 0 Å². The van der Waals surface area contributed by atoms with Gasteiger partial charge in [-0.2, -0.15) is 0 Å². The lowest BCUT2D eigenvalue weighted by Crippen LogP contribution is -2.26. The zero-order valence-electron chi connectivity index (χ0n) is 12.8. The quantitative estimate of drug-likeness (QED) is 0.726. The first kappa shape index (κ1) is 15.1. The number of rotatable bonds is 3. The Bertz CT molecular complexity index is 915. The van der Waals surface area contributed by atoms with E-state index in [0.29, 0.717) is 10.9 Å². The fraction of sp³-hybridized carbons (Fsp3) is 0.118. The monoisotopic (exact) mass is 310 g/mol. The summed E-state index contributed by atoms with van der Waals surface area (Å²) in [5.74, 6) is 0. The minimum atomic E-state index is -0.573. The van der Waals surface area contributed by atoms with Crippen LogP contribution in [0, 0.1) is 12.1 Å². The van der Waals surface area contributed by atoms with Crippen LogP contribution in [0.3, 0.4) is 0 Å². The number of hydrogen-bond donors (Lipinski definition) is 2. The van der Waals surface area contributed by atoms with Gasteiger partial charge in [-0.1, -0.05) is 35.9 Å². The summed E-state index contributed by atoms with van der Waals surface area (Å²) in [5.41, 5.74) is 1.85. The summed E-state index contributed by atoms with van der Waals surface area (Å²) in [4.78, 5) is 12.4. The molecular weight excluding hydrogens is 294 g/mol. The summed E-state index contributed by atoms with van der Waals surface area (Å²) in [7, 11) is 1.56. The van der Waals surface area contributed by atoms with Gasteiger partial charge < -0.3 is 20.3 Å². The molecule has 23 heavy (non-hydrogen) atoms. The standard InChI is InChI=1S/C17H16N3O3/c1-11-7-9-12(10-8-11)18-15-13-5-3-4-6-14(13)19(2)17(21)16(15)20(22)23/h3-10,18,22H,1-2H3/q-1. The van der Waals surface area contributed by atoms with Gasteiger partial charge in [0.1, 0.15) is 5.69 Å². The van der Waals surface area contributed by atoms with E-state index in [1.165, 1.54) is 4.57 Å². The molecule has 0 aliphatic heterocycles. The molecule has 3 rings (SSSR count). The Labute approximate surface area is 132 Å². The number of pyridine rings is 1. The minimum absolute atomic E-state index is 0.282. The number of aromatic nitrogens is 1. The molecule has 6 nitrogen and oxygen atoms in total. The molecule has 0 saturated carbocycles. The lowest BCUT2D eigenvalue weighted by atomic mass is 10.1. The highest BCUT2D eigenvalue weighted by molar-refractivity contribution is 5.99. The molecule has 2 aromatic carbocycles. The average Bonchev–Trinajstić information content (AvgIpc) is 2.54. The second kappa shape index (κ2) is 5.75. The Morgan fingerprint density at radius 1 is 1.13 bits per heavy atom. The first-order valence-electron chi connectivity index (χ1n) is 7.10. The summed E-state index contributed by atoms with van der Waals surface area (Å²) in [6.45, 7) is 1.97. The van der Waals surface area contributed by atoms with Crippen molar-refractivity contribution in [1.29, 1.82) is 0 Å². The van der Waals surface area contributed by atoms with E-state index in [-0.39, 0.29) is 16.6 Å². The topological polar surface area (TPSA) is 80.6 Å². The molecule has 0 bridgehead atoms. The van der Waals surface area contributed by atoms with E-state index in [4.69, 9.17) is 0 Å². The van der Waals surface area contributed by atoms with Crippen molar-refractivity contribution in [3.63, 3.8) is 0 Å². The number of para-hydroxylation sites is 1. The molecule has 1 heterocycles. The van der Waals surface area contributed by atoms with Gasteiger partial charge in [-0.15, -0.1) is 0 Å². The summed E-state index contributed by atoms with van der Waals surface area (Å²) in [6.07, 6.45) is 0. The van der Waals surface area contributed by atoms with Gasteiger partial charge in [0.25, 0.3) is 5.56 Å². The second-order valence-corrected chi connectivity index (χ2v) is 5.37. The van der Waals surface area contributed by atoms with Crippen LogP contribution in [0.1, 0.15) is 5.56 Å². The van der Waals surface area contributed by atoms with E-state index in [1.54, 1.807) is 19.2 Å². The number of benzene rings is 2. The molecule has 0 aliphatic rings. The maximum atomic E-state index is 12.4. The number of aryl methyl sites for hydroxylation is 2. The van der Waals surface area contributed by atoms with Crippen molar-refractivity contribution in [2.45, 2.75) is 6.92 Å². The lowest BCUT2D eigenvalue weighted by Gasteiger charge is -2.26. The fourth-order valence-corrected chi connectivity index (χ4v) is 2.57. The Hall–Kier alpha value is -2.83. The van der Waals surface area contributed by atoms with E-state index in [2.05, 4.69) is 5.32 Å². The van der Waals surface area contributed by atoms with Gasteiger partial charge in [0, 0.05) is 18.1 Å². The lowest BCUT2D eigenvalue weighted by molar-refractivity contribution is 0.295. The molecule has 0 saturated heterocycles. The van der Waals surface area contributed by atoms with E-state index in [0.717, 1.165) is 11.3 Å². The fourth-order valence-electron chi connectivity index (χ4n) is 2.57. The van der Waals surface area contributed by atoms with Crippen LogP contribution in [-0.2, 0) is 7.05 Å². The number of anilines is 3. The molecule has 0 amide bonds. The van der Waals surface area contributed by atoms with Crippen LogP contribution in [0.25, 0.3) is 10.9 Å². The molecule has 0 unspecified atom stereocenters. The smallest absolute Gasteiger partial charge is 0.277 e. The largest absolute Gasteiger partial charge is 0.733 e. The maximum Gasteiger partial charge on any atom is 0.277 e. The molecule has 0 radical (unpaired) electrons. The number of hydrogen-bond acceptors (Lipinski definition) is 5. The van der Waals surface area contributed by atoms with Crippen LogP contribution in [0.15, 0.2) is 53.3 Å². The van der Waals surface area contributed by atoms with Crippen molar-refractivity contribution < 1.29 is 5.21 Å². The van der Waals surface area contributed by atoms with Crippen molar-refractivity contribution in [1.82, 2.24) is 4.57 Å². The molecule has 6 heteroatoms. The molecule has 1 aromatic heterocycles. The van der Waals surface area contributed by atoms with E-state index in [9.17, 15) is 15.2 Å². The third kappa shape index (κ3) is 2.65. The molecule has 118 valence electrons. The molecular formula is C17H16N3O3-. The normalized spacial score (nSPS) is 10.8. The van der Waals surface area contributed by atoms with Gasteiger partial charge in [0.15, 0.2) is 0 Å². The van der Waals surface area contributed by atoms with Crippen LogP contribution in [0.4, 0.5) is 17.1 Å². The number of fused-ring (bicyclic) bond motifs is 1. The Kier molecular flexibility index (Phi) is 3.77. The zero-order chi connectivity index (χ0) is 16.6. The van der Waals surface area contributed by atoms with Crippen LogP contribution in [0.5, 0.6) is 0 Å². The molecule has 0 fully saturated rings. The molecule has 2 N–H and O–H groups in total. The van der Waals surface area contributed by atoms with Crippen LogP contribution < -0.4 is 16.1 Å². The van der Waals surface area contributed by atoms with Crippen molar-refractivity contribution in [3.05, 3.63) is 69.7 Å². The van der Waals surface area contributed by atoms with Gasteiger partial charge in [0.05, 0.1) is 11.2 Å². The first-order chi connectivity index (χ1) is 11.0. The highest BCUT2D eigenvalue weighted by atomic mass is 16.8. The Morgan fingerprint density at radius 3 is 2.43 bits per heavy atom. The summed E-state index contributed by atoms with van der Waals surface area (Å²) in [5, 5.41) is 24.3. The third-order valence-corrected chi connectivity index (χ3v) is 3.79. The van der Waals surface area contributed by atoms with Crippen LogP contribution in [-0.4, -0.2) is 9.77 Å². The predicted molar refractivity (Wildman–Crippen MR) is 91.3 cm³/mol. The summed E-state index contributed by atoms with van der Waals surface area (Å²) >= 11 is 0. The van der Waals surface area contributed by atoms with Crippen molar-refractivity contribution in [2.24, 2.45) is 7.05 Å². The van der Waals surface area contributed by atoms with Crippen molar-refractivity contribution in [3.8, 4) is 0 Å². The van der Waals surface area contributed by atoms with E-state index >= 15 is 0 Å². The highest BCUT2D eigenvalue weighted by Gasteiger charge is 2.16. The zero-order valence-corrected chi connectivity index (χ0v) is 12.8. The van der Waals surface area contributed by atoms with E-state index in [1.807, 2.05) is 43.3 Å². The molecule has 0 spiro atoms. The first-order valence-corrected chi connectivity index (χ1v) is 7.10. The van der Waals surface area contributed by atoms with Gasteiger partial charge in [-0.05, 0) is 25.1 Å². The summed E-state index contributed by atoms with van der Waals surface area (Å²) < 4.78 is 1.34. The van der Waals surface area contributed by atoms with E-state index < -0.39 is 5.56 Å². The summed E-state index contributed by atoms with van der Waals surface area (Å²) in [6, 6.07) is 14.7. The Morgan fingerprint density at radius 2 is 1.78 bits per heavy atom. The minimum Gasteiger partial charge on any atom is -0.733 e. The third-order valence-electron chi connectivity index (χ3n) is 3.79. The van der Waals surface area contributed by atoms with Gasteiger partial charge >= 0.3 is 0 Å². The second-order valence-electron chi connectivity index (χ2n) is 5.37. The highest BCUT2D eigenvalue weighted by Crippen LogP contribution is 2.32. The SMILES string of the molecule is Cc1ccc(Nc2c(N([O-])O)c(=O)n(C)c3ccccc23)cc1. The van der Waals surface area contributed by atoms with Gasteiger partial charge in [0.2, 0.25) is 0 Å². The molecule has 0 aliphatic carbocycles. The van der Waals surface area contributed by atoms with Crippen LogP contribution in [0.2, 0.25) is 0 Å². The number of nitrogens with zero attached hydrogens (tertiary/aromatic N) is 2. The molecule has 3 aromatic rings. The number of nitrogens with one attached hydrogen (secondary N) is 1. The van der Waals surface area contributed by atoms with Crippen molar-refractivity contribution >= 4 is 28.0 Å². The predicted octanol–water partition coefficient (Wildman–Crippen LogP) is 3.28. The molecule has 0 atom stereocenters. The van der Waals surface area contributed by atoms with Gasteiger partial charge in [-0.3, -0.25) is 10.0 Å². The maximum absolute atomic E-state index is 12.4. The van der Waals surface area contributed by atoms with Gasteiger partial charge in [-0.25, -0.2) is 0 Å². The Balaban J connectivity index is 2.28. The van der Waals surface area contributed by atoms with Crippen molar-refractivity contribution in [2.75, 3.05) is 10.5 Å².